The number of ether oxygens (including phenoxy) is 2. The summed E-state index contributed by atoms with van der Waals surface area (Å²) in [6.45, 7) is 6.06. The average Bonchev–Trinajstić information content (AvgIpc) is 2.81. The number of hydrogen-bond donors (Lipinski definition) is 2. The minimum atomic E-state index is 0.176. The lowest BCUT2D eigenvalue weighted by molar-refractivity contribution is 0.188. The van der Waals surface area contributed by atoms with E-state index >= 15 is 0 Å². The SMILES string of the molecule is COc1ccc(Oc2ccc(Nc3nc(C)nc(N4CCN(CCO)CC4)n3)nc2)cc1. The van der Waals surface area contributed by atoms with Gasteiger partial charge in [-0.05, 0) is 43.3 Å². The van der Waals surface area contributed by atoms with E-state index in [1.165, 1.54) is 0 Å². The molecule has 168 valence electrons. The lowest BCUT2D eigenvalue weighted by atomic mass is 10.3. The number of hydrogen-bond acceptors (Lipinski definition) is 10. The highest BCUT2D eigenvalue weighted by Gasteiger charge is 2.19. The van der Waals surface area contributed by atoms with Gasteiger partial charge in [0, 0.05) is 32.7 Å². The van der Waals surface area contributed by atoms with E-state index in [2.05, 4.69) is 35.1 Å². The molecule has 32 heavy (non-hydrogen) atoms. The molecular weight excluding hydrogens is 410 g/mol. The summed E-state index contributed by atoms with van der Waals surface area (Å²) in [5, 5.41) is 12.3. The molecule has 1 saturated heterocycles. The highest BCUT2D eigenvalue weighted by atomic mass is 16.5. The van der Waals surface area contributed by atoms with Crippen LogP contribution < -0.4 is 19.7 Å². The van der Waals surface area contributed by atoms with Gasteiger partial charge < -0.3 is 24.8 Å². The molecular formula is C22H27N7O3. The summed E-state index contributed by atoms with van der Waals surface area (Å²) >= 11 is 0. The number of anilines is 3. The molecule has 0 unspecified atom stereocenters. The molecule has 0 radical (unpaired) electrons. The summed E-state index contributed by atoms with van der Waals surface area (Å²) in [7, 11) is 1.63. The van der Waals surface area contributed by atoms with Crippen molar-refractivity contribution in [2.24, 2.45) is 0 Å². The van der Waals surface area contributed by atoms with Crippen molar-refractivity contribution in [2.45, 2.75) is 6.92 Å². The van der Waals surface area contributed by atoms with Crippen molar-refractivity contribution in [1.82, 2.24) is 24.8 Å². The van der Waals surface area contributed by atoms with Crippen molar-refractivity contribution >= 4 is 17.7 Å². The van der Waals surface area contributed by atoms with Crippen LogP contribution in [0.1, 0.15) is 5.82 Å². The molecule has 2 N–H and O–H groups in total. The van der Waals surface area contributed by atoms with Crippen LogP contribution in [-0.2, 0) is 0 Å². The maximum Gasteiger partial charge on any atom is 0.233 e. The Labute approximate surface area is 186 Å². The number of rotatable bonds is 8. The maximum absolute atomic E-state index is 9.11. The van der Waals surface area contributed by atoms with E-state index in [1.54, 1.807) is 13.3 Å². The van der Waals surface area contributed by atoms with E-state index in [0.717, 1.165) is 31.9 Å². The number of nitrogens with one attached hydrogen (secondary N) is 1. The predicted molar refractivity (Wildman–Crippen MR) is 121 cm³/mol. The number of benzene rings is 1. The van der Waals surface area contributed by atoms with Crippen LogP contribution in [0.5, 0.6) is 17.2 Å². The van der Waals surface area contributed by atoms with Crippen molar-refractivity contribution < 1.29 is 14.6 Å². The maximum atomic E-state index is 9.11. The first-order valence-electron chi connectivity index (χ1n) is 10.5. The Morgan fingerprint density at radius 3 is 2.31 bits per heavy atom. The zero-order valence-corrected chi connectivity index (χ0v) is 18.2. The van der Waals surface area contributed by atoms with E-state index in [-0.39, 0.29) is 6.61 Å². The monoisotopic (exact) mass is 437 g/mol. The van der Waals surface area contributed by atoms with Gasteiger partial charge in [0.1, 0.15) is 28.9 Å². The van der Waals surface area contributed by atoms with Gasteiger partial charge >= 0.3 is 0 Å². The summed E-state index contributed by atoms with van der Waals surface area (Å²) in [5.41, 5.74) is 0. The fraction of sp³-hybridized carbons (Fsp3) is 0.364. The standard InChI is InChI=1S/C22H27N7O3/c1-16-24-21(27-22(25-16)29-11-9-28(10-12-29)13-14-30)26-20-8-7-19(15-23-20)32-18-5-3-17(31-2)4-6-18/h3-8,15,30H,9-14H2,1-2H3,(H,23,24,25,26,27). The topological polar surface area (TPSA) is 109 Å². The van der Waals surface area contributed by atoms with Crippen molar-refractivity contribution in [1.29, 1.82) is 0 Å². The third-order valence-electron chi connectivity index (χ3n) is 5.08. The lowest BCUT2D eigenvalue weighted by Crippen LogP contribution is -2.47. The quantitative estimate of drug-likeness (QED) is 0.544. The van der Waals surface area contributed by atoms with Gasteiger partial charge in [0.25, 0.3) is 0 Å². The smallest absolute Gasteiger partial charge is 0.233 e. The summed E-state index contributed by atoms with van der Waals surface area (Å²) in [6, 6.07) is 11.0. The number of aliphatic hydroxyl groups excluding tert-OH is 1. The van der Waals surface area contributed by atoms with E-state index < -0.39 is 0 Å². The molecule has 2 aromatic heterocycles. The number of methoxy groups -OCH3 is 1. The largest absolute Gasteiger partial charge is 0.497 e. The van der Waals surface area contributed by atoms with Crippen LogP contribution in [0.3, 0.4) is 0 Å². The fourth-order valence-corrected chi connectivity index (χ4v) is 3.39. The molecule has 1 aliphatic rings. The van der Waals surface area contributed by atoms with Gasteiger partial charge in [-0.3, -0.25) is 4.90 Å². The summed E-state index contributed by atoms with van der Waals surface area (Å²) < 4.78 is 11.0. The van der Waals surface area contributed by atoms with Crippen LogP contribution in [0.4, 0.5) is 17.7 Å². The summed E-state index contributed by atoms with van der Waals surface area (Å²) in [4.78, 5) is 22.2. The third kappa shape index (κ3) is 5.59. The highest BCUT2D eigenvalue weighted by molar-refractivity contribution is 5.50. The Hall–Kier alpha value is -3.50. The average molecular weight is 438 g/mol. The first-order chi connectivity index (χ1) is 15.6. The second-order valence-electron chi connectivity index (χ2n) is 7.34. The summed E-state index contributed by atoms with van der Waals surface area (Å²) in [5.74, 6) is 4.42. The molecule has 0 aliphatic carbocycles. The first-order valence-corrected chi connectivity index (χ1v) is 10.5. The number of aromatic nitrogens is 4. The number of aliphatic hydroxyl groups is 1. The second kappa shape index (κ2) is 10.2. The normalized spacial score (nSPS) is 14.3. The Morgan fingerprint density at radius 2 is 1.66 bits per heavy atom. The van der Waals surface area contributed by atoms with Gasteiger partial charge in [-0.15, -0.1) is 0 Å². The van der Waals surface area contributed by atoms with Crippen molar-refractivity contribution in [3.63, 3.8) is 0 Å². The number of piperazine rings is 1. The third-order valence-corrected chi connectivity index (χ3v) is 5.08. The molecule has 10 nitrogen and oxygen atoms in total. The van der Waals surface area contributed by atoms with E-state index in [9.17, 15) is 0 Å². The van der Waals surface area contributed by atoms with Crippen molar-refractivity contribution in [3.8, 4) is 17.2 Å². The molecule has 0 spiro atoms. The minimum Gasteiger partial charge on any atom is -0.497 e. The molecule has 3 heterocycles. The molecule has 1 aromatic carbocycles. The van der Waals surface area contributed by atoms with Crippen LogP contribution in [0.25, 0.3) is 0 Å². The number of nitrogens with zero attached hydrogens (tertiary/aromatic N) is 6. The van der Waals surface area contributed by atoms with Crippen LogP contribution in [0.15, 0.2) is 42.6 Å². The molecule has 0 saturated carbocycles. The van der Waals surface area contributed by atoms with Crippen molar-refractivity contribution in [2.75, 3.05) is 56.7 Å². The molecule has 0 amide bonds. The van der Waals surface area contributed by atoms with Crippen LogP contribution in [0, 0.1) is 6.92 Å². The zero-order chi connectivity index (χ0) is 22.3. The molecule has 10 heteroatoms. The first kappa shape index (κ1) is 21.7. The molecule has 0 atom stereocenters. The number of β-amino-alcohol motifs (C(OH)–C–C–N with tert-alkyl or cyclic N) is 1. The van der Waals surface area contributed by atoms with Gasteiger partial charge in [-0.1, -0.05) is 0 Å². The Balaban J connectivity index is 1.39. The van der Waals surface area contributed by atoms with Crippen molar-refractivity contribution in [3.05, 3.63) is 48.4 Å². The molecule has 1 aliphatic heterocycles. The number of pyridine rings is 1. The minimum absolute atomic E-state index is 0.176. The Morgan fingerprint density at radius 1 is 0.938 bits per heavy atom. The van der Waals surface area contributed by atoms with E-state index in [0.29, 0.717) is 41.6 Å². The zero-order valence-electron chi connectivity index (χ0n) is 18.2. The van der Waals surface area contributed by atoms with Gasteiger partial charge in [-0.25, -0.2) is 4.98 Å². The lowest BCUT2D eigenvalue weighted by Gasteiger charge is -2.34. The molecule has 3 aromatic rings. The Kier molecular flexibility index (Phi) is 6.93. The van der Waals surface area contributed by atoms with Gasteiger partial charge in [0.05, 0.1) is 19.9 Å². The van der Waals surface area contributed by atoms with Gasteiger partial charge in [-0.2, -0.15) is 15.0 Å². The number of aryl methyl sites for hydroxylation is 1. The van der Waals surface area contributed by atoms with Gasteiger partial charge in [0.15, 0.2) is 0 Å². The predicted octanol–water partition coefficient (Wildman–Crippen LogP) is 2.23. The molecule has 4 rings (SSSR count). The van der Waals surface area contributed by atoms with E-state index in [1.807, 2.05) is 43.3 Å². The van der Waals surface area contributed by atoms with Crippen LogP contribution in [-0.4, -0.2) is 76.4 Å². The Bertz CT molecular complexity index is 1010. The second-order valence-corrected chi connectivity index (χ2v) is 7.34. The fourth-order valence-electron chi connectivity index (χ4n) is 3.39. The van der Waals surface area contributed by atoms with Crippen LogP contribution >= 0.6 is 0 Å². The highest BCUT2D eigenvalue weighted by Crippen LogP contribution is 2.24. The van der Waals surface area contributed by atoms with E-state index in [4.69, 9.17) is 14.6 Å². The van der Waals surface area contributed by atoms with Crippen LogP contribution in [0.2, 0.25) is 0 Å². The molecule has 0 bridgehead atoms. The summed E-state index contributed by atoms with van der Waals surface area (Å²) in [6.07, 6.45) is 1.64. The molecule has 1 fully saturated rings. The van der Waals surface area contributed by atoms with Gasteiger partial charge in [0.2, 0.25) is 11.9 Å².